The summed E-state index contributed by atoms with van der Waals surface area (Å²) >= 11 is 0. The minimum atomic E-state index is -0.393. The van der Waals surface area contributed by atoms with Gasteiger partial charge in [-0.3, -0.25) is 9.59 Å². The number of carbonyl (C=O) groups is 2. The molecule has 60 heavy (non-hydrogen) atoms. The molecule has 0 saturated carbocycles. The summed E-state index contributed by atoms with van der Waals surface area (Å²) in [5.74, 6) is 1.23. The van der Waals surface area contributed by atoms with E-state index in [2.05, 4.69) is 32.6 Å². The maximum absolute atomic E-state index is 12.6. The number of unbranched alkanes of at least 4 members (excludes halogenated alkanes) is 22. The summed E-state index contributed by atoms with van der Waals surface area (Å²) in [6, 6.07) is 0. The van der Waals surface area contributed by atoms with Crippen molar-refractivity contribution in [3.8, 4) is 0 Å². The fourth-order valence-corrected chi connectivity index (χ4v) is 8.75. The van der Waals surface area contributed by atoms with E-state index < -0.39 is 6.10 Å². The summed E-state index contributed by atoms with van der Waals surface area (Å²) in [6.45, 7) is 12.8. The molecule has 3 unspecified atom stereocenters. The minimum absolute atomic E-state index is 0.0200. The van der Waals surface area contributed by atoms with Crippen LogP contribution in [0.15, 0.2) is 0 Å². The monoisotopic (exact) mass is 852 g/mol. The lowest BCUT2D eigenvalue weighted by Crippen LogP contribution is -2.34. The van der Waals surface area contributed by atoms with Crippen molar-refractivity contribution in [3.05, 3.63) is 0 Å². The number of ether oxygens (including phenoxy) is 2. The van der Waals surface area contributed by atoms with Crippen LogP contribution in [0.4, 0.5) is 0 Å². The SMILES string of the molecule is CCCCCCCCC(CCCCCC)CCC(=O)OCCCCCCN(CCCCCO)CC(O)CCCCOC(=O)CCC(CCCCCC)CCCCCCCC. The van der Waals surface area contributed by atoms with Gasteiger partial charge in [-0.15, -0.1) is 0 Å². The molecule has 0 aromatic carbocycles. The zero-order valence-corrected chi connectivity index (χ0v) is 40.8. The summed E-state index contributed by atoms with van der Waals surface area (Å²) < 4.78 is 11.3. The lowest BCUT2D eigenvalue weighted by molar-refractivity contribution is -0.145. The smallest absolute Gasteiger partial charge is 0.305 e. The largest absolute Gasteiger partial charge is 0.466 e. The highest BCUT2D eigenvalue weighted by atomic mass is 16.5. The van der Waals surface area contributed by atoms with Gasteiger partial charge in [0, 0.05) is 26.0 Å². The molecule has 0 aliphatic heterocycles. The second-order valence-corrected chi connectivity index (χ2v) is 18.7. The van der Waals surface area contributed by atoms with Crippen LogP contribution in [-0.2, 0) is 19.1 Å². The van der Waals surface area contributed by atoms with E-state index in [4.69, 9.17) is 9.47 Å². The molecule has 7 heteroatoms. The fourth-order valence-electron chi connectivity index (χ4n) is 8.75. The van der Waals surface area contributed by atoms with Gasteiger partial charge in [-0.25, -0.2) is 0 Å². The maximum atomic E-state index is 12.6. The van der Waals surface area contributed by atoms with Crippen molar-refractivity contribution in [1.82, 2.24) is 4.90 Å². The molecule has 2 N–H and O–H groups in total. The quantitative estimate of drug-likeness (QED) is 0.0465. The Labute approximate surface area is 374 Å². The number of hydrogen-bond donors (Lipinski definition) is 2. The van der Waals surface area contributed by atoms with Gasteiger partial charge in [0.1, 0.15) is 0 Å². The van der Waals surface area contributed by atoms with E-state index in [0.29, 0.717) is 50.9 Å². The predicted octanol–water partition coefficient (Wildman–Crippen LogP) is 14.9. The lowest BCUT2D eigenvalue weighted by Gasteiger charge is -2.25. The molecular weight excluding hydrogens is 747 g/mol. The number of hydrogen-bond acceptors (Lipinski definition) is 7. The summed E-state index contributed by atoms with van der Waals surface area (Å²) in [4.78, 5) is 27.6. The highest BCUT2D eigenvalue weighted by molar-refractivity contribution is 5.69. The highest BCUT2D eigenvalue weighted by Gasteiger charge is 2.15. The van der Waals surface area contributed by atoms with Gasteiger partial charge in [-0.1, -0.05) is 195 Å². The third kappa shape index (κ3) is 42.1. The Balaban J connectivity index is 4.40. The fraction of sp³-hybridized carbons (Fsp3) is 0.962. The van der Waals surface area contributed by atoms with Gasteiger partial charge in [0.15, 0.2) is 0 Å². The van der Waals surface area contributed by atoms with Crippen LogP contribution in [-0.4, -0.2) is 72.6 Å². The molecule has 3 atom stereocenters. The molecule has 0 heterocycles. The van der Waals surface area contributed by atoms with Crippen molar-refractivity contribution in [2.75, 3.05) is 39.5 Å². The van der Waals surface area contributed by atoms with Crippen molar-refractivity contribution in [1.29, 1.82) is 0 Å². The van der Waals surface area contributed by atoms with E-state index in [-0.39, 0.29) is 18.5 Å². The number of aliphatic hydroxyl groups is 2. The standard InChI is InChI=1S/C53H105NO6/c1-5-9-13-17-19-26-36-49(34-24-15-11-7-3)39-41-52(57)59-46-32-22-21-29-43-54(44-30-23-31-45-55)48-51(56)38-28-33-47-60-53(58)42-40-50(35-25-16-12-8-4)37-27-20-18-14-10-6-2/h49-51,55-56H,5-48H2,1-4H3. The molecule has 0 fully saturated rings. The minimum Gasteiger partial charge on any atom is -0.466 e. The second kappa shape index (κ2) is 47.3. The van der Waals surface area contributed by atoms with Crippen molar-refractivity contribution < 1.29 is 29.3 Å². The third-order valence-electron chi connectivity index (χ3n) is 12.8. The third-order valence-corrected chi connectivity index (χ3v) is 12.8. The molecule has 0 aliphatic rings. The molecule has 0 radical (unpaired) electrons. The molecule has 0 rings (SSSR count). The summed E-state index contributed by atoms with van der Waals surface area (Å²) in [7, 11) is 0. The highest BCUT2D eigenvalue weighted by Crippen LogP contribution is 2.25. The first-order valence-corrected chi connectivity index (χ1v) is 26.7. The topological polar surface area (TPSA) is 96.3 Å². The van der Waals surface area contributed by atoms with E-state index in [0.717, 1.165) is 83.7 Å². The van der Waals surface area contributed by atoms with Crippen LogP contribution >= 0.6 is 0 Å². The van der Waals surface area contributed by atoms with Gasteiger partial charge in [-0.05, 0) is 89.1 Å². The Morgan fingerprint density at radius 3 is 1.18 bits per heavy atom. The zero-order chi connectivity index (χ0) is 44.0. The number of aliphatic hydroxyl groups excluding tert-OH is 2. The molecule has 0 aliphatic carbocycles. The maximum Gasteiger partial charge on any atom is 0.305 e. The van der Waals surface area contributed by atoms with Crippen LogP contribution in [0.5, 0.6) is 0 Å². The van der Waals surface area contributed by atoms with Crippen molar-refractivity contribution >= 4 is 11.9 Å². The van der Waals surface area contributed by atoms with E-state index in [1.165, 1.54) is 154 Å². The first kappa shape index (κ1) is 58.8. The number of rotatable bonds is 49. The lowest BCUT2D eigenvalue weighted by atomic mass is 9.90. The van der Waals surface area contributed by atoms with Gasteiger partial charge in [-0.2, -0.15) is 0 Å². The Bertz CT molecular complexity index is 885. The van der Waals surface area contributed by atoms with E-state index in [1.54, 1.807) is 0 Å². The van der Waals surface area contributed by atoms with Crippen molar-refractivity contribution in [2.24, 2.45) is 11.8 Å². The summed E-state index contributed by atoms with van der Waals surface area (Å²) in [6.07, 6.45) is 43.2. The average molecular weight is 852 g/mol. The molecule has 0 spiro atoms. The molecular formula is C53H105NO6. The van der Waals surface area contributed by atoms with Crippen LogP contribution in [0.25, 0.3) is 0 Å². The van der Waals surface area contributed by atoms with Crippen LogP contribution in [0.3, 0.4) is 0 Å². The number of esters is 2. The summed E-state index contributed by atoms with van der Waals surface area (Å²) in [5.41, 5.74) is 0. The molecule has 0 bridgehead atoms. The summed E-state index contributed by atoms with van der Waals surface area (Å²) in [5, 5.41) is 20.2. The van der Waals surface area contributed by atoms with Crippen molar-refractivity contribution in [2.45, 2.75) is 278 Å². The van der Waals surface area contributed by atoms with E-state index in [1.807, 2.05) is 0 Å². The molecule has 0 aromatic rings. The van der Waals surface area contributed by atoms with Gasteiger partial charge in [0.05, 0.1) is 19.3 Å². The van der Waals surface area contributed by atoms with Gasteiger partial charge < -0.3 is 24.6 Å². The molecule has 358 valence electrons. The van der Waals surface area contributed by atoms with Crippen LogP contribution in [0.2, 0.25) is 0 Å². The second-order valence-electron chi connectivity index (χ2n) is 18.7. The average Bonchev–Trinajstić information content (AvgIpc) is 3.24. The molecule has 0 amide bonds. The first-order chi connectivity index (χ1) is 29.4. The first-order valence-electron chi connectivity index (χ1n) is 26.7. The Morgan fingerprint density at radius 2 is 0.750 bits per heavy atom. The van der Waals surface area contributed by atoms with E-state index >= 15 is 0 Å². The predicted molar refractivity (Wildman–Crippen MR) is 257 cm³/mol. The van der Waals surface area contributed by atoms with Crippen LogP contribution in [0.1, 0.15) is 272 Å². The van der Waals surface area contributed by atoms with Gasteiger partial charge >= 0.3 is 11.9 Å². The van der Waals surface area contributed by atoms with Crippen LogP contribution < -0.4 is 0 Å². The number of carbonyl (C=O) groups excluding carboxylic acids is 2. The molecule has 7 nitrogen and oxygen atoms in total. The van der Waals surface area contributed by atoms with Gasteiger partial charge in [0.25, 0.3) is 0 Å². The van der Waals surface area contributed by atoms with Gasteiger partial charge in [0.2, 0.25) is 0 Å². The molecule has 0 saturated heterocycles. The molecule has 0 aromatic heterocycles. The number of nitrogens with zero attached hydrogens (tertiary/aromatic N) is 1. The zero-order valence-electron chi connectivity index (χ0n) is 40.8. The Kier molecular flexibility index (Phi) is 46.4. The van der Waals surface area contributed by atoms with Crippen LogP contribution in [0, 0.1) is 11.8 Å². The Morgan fingerprint density at radius 1 is 0.417 bits per heavy atom. The Hall–Kier alpha value is -1.18. The normalized spacial score (nSPS) is 13.2. The van der Waals surface area contributed by atoms with Crippen molar-refractivity contribution in [3.63, 3.8) is 0 Å². The van der Waals surface area contributed by atoms with E-state index in [9.17, 15) is 19.8 Å².